The first-order valence-corrected chi connectivity index (χ1v) is 5.19. The predicted molar refractivity (Wildman–Crippen MR) is 58.1 cm³/mol. The first-order chi connectivity index (χ1) is 6.22. The highest BCUT2D eigenvalue weighted by Crippen LogP contribution is 2.27. The summed E-state index contributed by atoms with van der Waals surface area (Å²) in [5.74, 6) is 0. The molecule has 0 saturated carbocycles. The first-order valence-electron chi connectivity index (χ1n) is 4.02. The molecule has 4 heteroatoms. The Kier molecular flexibility index (Phi) is 2.30. The molecule has 0 saturated heterocycles. The molecular formula is C9H8BrClN2. The van der Waals surface area contributed by atoms with E-state index in [1.807, 2.05) is 18.5 Å². The van der Waals surface area contributed by atoms with Crippen LogP contribution in [0.2, 0.25) is 5.02 Å². The van der Waals surface area contributed by atoms with Gasteiger partial charge in [0.25, 0.3) is 0 Å². The quantitative estimate of drug-likeness (QED) is 0.767. The summed E-state index contributed by atoms with van der Waals surface area (Å²) in [6.07, 6.45) is 1.83. The molecule has 0 radical (unpaired) electrons. The van der Waals surface area contributed by atoms with Crippen molar-refractivity contribution in [3.8, 4) is 0 Å². The van der Waals surface area contributed by atoms with E-state index in [9.17, 15) is 0 Å². The van der Waals surface area contributed by atoms with Gasteiger partial charge in [0.1, 0.15) is 0 Å². The number of hydrogen-bond donors (Lipinski definition) is 0. The Bertz CT molecular complexity index is 450. The van der Waals surface area contributed by atoms with Crippen LogP contribution in [0, 0.1) is 0 Å². The van der Waals surface area contributed by atoms with Crippen molar-refractivity contribution in [1.29, 1.82) is 0 Å². The van der Waals surface area contributed by atoms with Gasteiger partial charge < -0.3 is 4.57 Å². The SMILES string of the molecule is CCn1cnc2cc(Cl)c(Br)cc21. The molecule has 0 aliphatic rings. The molecule has 1 aromatic carbocycles. The highest BCUT2D eigenvalue weighted by Gasteiger charge is 2.04. The Morgan fingerprint density at radius 3 is 3.00 bits per heavy atom. The fraction of sp³-hybridized carbons (Fsp3) is 0.222. The molecule has 2 rings (SSSR count). The van der Waals surface area contributed by atoms with E-state index in [1.54, 1.807) is 0 Å². The molecule has 0 N–H and O–H groups in total. The summed E-state index contributed by atoms with van der Waals surface area (Å²) in [4.78, 5) is 4.25. The third-order valence-corrected chi connectivity index (χ3v) is 3.20. The molecule has 0 spiro atoms. The molecule has 0 unspecified atom stereocenters. The van der Waals surface area contributed by atoms with E-state index < -0.39 is 0 Å². The third-order valence-electron chi connectivity index (χ3n) is 2.00. The van der Waals surface area contributed by atoms with Gasteiger partial charge in [-0.1, -0.05) is 11.6 Å². The molecule has 0 aliphatic heterocycles. The van der Waals surface area contributed by atoms with E-state index in [0.717, 1.165) is 22.1 Å². The molecule has 2 aromatic rings. The van der Waals surface area contributed by atoms with E-state index in [4.69, 9.17) is 11.6 Å². The van der Waals surface area contributed by atoms with E-state index in [0.29, 0.717) is 5.02 Å². The third kappa shape index (κ3) is 1.46. The maximum atomic E-state index is 5.94. The Morgan fingerprint density at radius 1 is 1.54 bits per heavy atom. The molecule has 1 aromatic heterocycles. The highest BCUT2D eigenvalue weighted by atomic mass is 79.9. The van der Waals surface area contributed by atoms with Crippen LogP contribution in [0.5, 0.6) is 0 Å². The van der Waals surface area contributed by atoms with Gasteiger partial charge in [0.05, 0.1) is 22.4 Å². The van der Waals surface area contributed by atoms with Crippen LogP contribution in [-0.2, 0) is 6.54 Å². The Labute approximate surface area is 89.7 Å². The number of hydrogen-bond acceptors (Lipinski definition) is 1. The van der Waals surface area contributed by atoms with Crippen LogP contribution in [0.3, 0.4) is 0 Å². The van der Waals surface area contributed by atoms with E-state index >= 15 is 0 Å². The van der Waals surface area contributed by atoms with Crippen LogP contribution < -0.4 is 0 Å². The summed E-state index contributed by atoms with van der Waals surface area (Å²) < 4.78 is 2.99. The summed E-state index contributed by atoms with van der Waals surface area (Å²) in [5.41, 5.74) is 2.05. The Hall–Kier alpha value is -0.540. The zero-order chi connectivity index (χ0) is 9.42. The van der Waals surface area contributed by atoms with Crippen molar-refractivity contribution in [2.45, 2.75) is 13.5 Å². The normalized spacial score (nSPS) is 11.0. The van der Waals surface area contributed by atoms with Crippen molar-refractivity contribution in [2.24, 2.45) is 0 Å². The molecule has 13 heavy (non-hydrogen) atoms. The smallest absolute Gasteiger partial charge is 0.0958 e. The number of rotatable bonds is 1. The molecule has 68 valence electrons. The van der Waals surface area contributed by atoms with Crippen molar-refractivity contribution in [3.63, 3.8) is 0 Å². The lowest BCUT2D eigenvalue weighted by Crippen LogP contribution is -1.90. The Morgan fingerprint density at radius 2 is 2.31 bits per heavy atom. The minimum Gasteiger partial charge on any atom is -0.331 e. The molecular weight excluding hydrogens is 251 g/mol. The summed E-state index contributed by atoms with van der Waals surface area (Å²) in [6, 6.07) is 3.86. The standard InChI is InChI=1S/C9H8BrClN2/c1-2-13-5-12-8-4-7(11)6(10)3-9(8)13/h3-5H,2H2,1H3. The molecule has 2 nitrogen and oxygen atoms in total. The zero-order valence-electron chi connectivity index (χ0n) is 7.09. The van der Waals surface area contributed by atoms with Crippen molar-refractivity contribution in [2.75, 3.05) is 0 Å². The molecule has 0 bridgehead atoms. The van der Waals surface area contributed by atoms with Crippen LogP contribution in [0.4, 0.5) is 0 Å². The van der Waals surface area contributed by atoms with Crippen LogP contribution in [0.25, 0.3) is 11.0 Å². The van der Waals surface area contributed by atoms with Gasteiger partial charge in [-0.15, -0.1) is 0 Å². The second-order valence-corrected chi connectivity index (χ2v) is 4.05. The monoisotopic (exact) mass is 258 g/mol. The number of aryl methyl sites for hydroxylation is 1. The lowest BCUT2D eigenvalue weighted by molar-refractivity contribution is 0.787. The molecule has 1 heterocycles. The second kappa shape index (κ2) is 3.31. The minimum absolute atomic E-state index is 0.703. The van der Waals surface area contributed by atoms with Crippen LogP contribution >= 0.6 is 27.5 Å². The highest BCUT2D eigenvalue weighted by molar-refractivity contribution is 9.10. The first kappa shape index (κ1) is 9.03. The van der Waals surface area contributed by atoms with Crippen molar-refractivity contribution in [1.82, 2.24) is 9.55 Å². The average molecular weight is 260 g/mol. The predicted octanol–water partition coefficient (Wildman–Crippen LogP) is 3.47. The molecule has 0 atom stereocenters. The number of fused-ring (bicyclic) bond motifs is 1. The van der Waals surface area contributed by atoms with Crippen molar-refractivity contribution in [3.05, 3.63) is 28.0 Å². The van der Waals surface area contributed by atoms with Crippen molar-refractivity contribution < 1.29 is 0 Å². The van der Waals surface area contributed by atoms with E-state index in [1.165, 1.54) is 0 Å². The average Bonchev–Trinajstić information content (AvgIpc) is 2.48. The van der Waals surface area contributed by atoms with Crippen LogP contribution in [0.1, 0.15) is 6.92 Å². The Balaban J connectivity index is 2.77. The summed E-state index contributed by atoms with van der Waals surface area (Å²) in [6.45, 7) is 3.01. The van der Waals surface area contributed by atoms with Crippen molar-refractivity contribution >= 4 is 38.6 Å². The van der Waals surface area contributed by atoms with Gasteiger partial charge >= 0.3 is 0 Å². The largest absolute Gasteiger partial charge is 0.331 e. The number of imidazole rings is 1. The van der Waals surface area contributed by atoms with E-state index in [2.05, 4.69) is 32.4 Å². The molecule has 0 fully saturated rings. The lowest BCUT2D eigenvalue weighted by atomic mass is 10.3. The van der Waals surface area contributed by atoms with Gasteiger partial charge in [0.15, 0.2) is 0 Å². The van der Waals surface area contributed by atoms with E-state index in [-0.39, 0.29) is 0 Å². The number of aromatic nitrogens is 2. The fourth-order valence-corrected chi connectivity index (χ4v) is 1.79. The van der Waals surface area contributed by atoms with Crippen LogP contribution in [0.15, 0.2) is 22.9 Å². The molecule has 0 aliphatic carbocycles. The number of benzene rings is 1. The van der Waals surface area contributed by atoms with Gasteiger partial charge in [0, 0.05) is 11.0 Å². The topological polar surface area (TPSA) is 17.8 Å². The summed E-state index contributed by atoms with van der Waals surface area (Å²) in [5, 5.41) is 0.703. The van der Waals surface area contributed by atoms with Gasteiger partial charge in [0.2, 0.25) is 0 Å². The molecule has 0 amide bonds. The number of halogens is 2. The maximum Gasteiger partial charge on any atom is 0.0958 e. The lowest BCUT2D eigenvalue weighted by Gasteiger charge is -2.00. The maximum absolute atomic E-state index is 5.94. The summed E-state index contributed by atoms with van der Waals surface area (Å²) >= 11 is 9.34. The van der Waals surface area contributed by atoms with Gasteiger partial charge in [-0.25, -0.2) is 4.98 Å². The van der Waals surface area contributed by atoms with Crippen LogP contribution in [-0.4, -0.2) is 9.55 Å². The fourth-order valence-electron chi connectivity index (χ4n) is 1.31. The zero-order valence-corrected chi connectivity index (χ0v) is 9.43. The number of nitrogens with zero attached hydrogens (tertiary/aromatic N) is 2. The van der Waals surface area contributed by atoms with Gasteiger partial charge in [-0.05, 0) is 35.0 Å². The summed E-state index contributed by atoms with van der Waals surface area (Å²) in [7, 11) is 0. The minimum atomic E-state index is 0.703. The second-order valence-electron chi connectivity index (χ2n) is 2.79. The van der Waals surface area contributed by atoms with Gasteiger partial charge in [-0.2, -0.15) is 0 Å². The van der Waals surface area contributed by atoms with Gasteiger partial charge in [-0.3, -0.25) is 0 Å².